The highest BCUT2D eigenvalue weighted by Crippen LogP contribution is 2.45. The minimum Gasteiger partial charge on any atom is -0.432 e. The third kappa shape index (κ3) is 9.25. The van der Waals surface area contributed by atoms with Crippen LogP contribution in [0.2, 0.25) is 0 Å². The normalized spacial score (nSPS) is 23.2. The Balaban J connectivity index is 1.26. The maximum Gasteiger partial charge on any atom is 0.422 e. The molecule has 0 spiro atoms. The number of benzene rings is 2. The van der Waals surface area contributed by atoms with E-state index in [9.17, 15) is 43.9 Å². The van der Waals surface area contributed by atoms with E-state index in [0.717, 1.165) is 12.1 Å². The Hall–Kier alpha value is -2.72. The monoisotopic (exact) mass is 696 g/mol. The fraction of sp³-hybridized carbons (Fsp3) is 0.613. The number of hydrogen-bond donors (Lipinski definition) is 0. The Morgan fingerprint density at radius 2 is 1.15 bits per heavy atom. The quantitative estimate of drug-likeness (QED) is 0.207. The molecule has 2 aliphatic carbocycles. The summed E-state index contributed by atoms with van der Waals surface area (Å²) in [5, 5.41) is 0. The first-order chi connectivity index (χ1) is 21.8. The zero-order chi connectivity index (χ0) is 34.8. The molecule has 4 nitrogen and oxygen atoms in total. The zero-order valence-electron chi connectivity index (χ0n) is 24.9. The van der Waals surface area contributed by atoms with Crippen molar-refractivity contribution >= 4 is 0 Å². The standard InChI is InChI=1S/C31H32F12O4/c1-2-44-16-17-3-12-23(24(32)13-17)31(42,43)46-21-10-6-18(7-11-21)29(38,39)45-20-8-4-19(5-9-20)30(40,41)47-22-14-25(33)27(26(34)15-22)28(35,36)37/h3,12-15,18-21H,2,4-11,16H2,1H3. The van der Waals surface area contributed by atoms with E-state index in [1.807, 2.05) is 0 Å². The van der Waals surface area contributed by atoms with Crippen molar-refractivity contribution < 1.29 is 71.6 Å². The van der Waals surface area contributed by atoms with Crippen LogP contribution in [0.15, 0.2) is 30.3 Å². The number of halogens is 12. The molecular formula is C31H32F12O4. The first kappa shape index (κ1) is 37.1. The predicted molar refractivity (Wildman–Crippen MR) is 141 cm³/mol. The van der Waals surface area contributed by atoms with Crippen LogP contribution in [-0.2, 0) is 33.1 Å². The van der Waals surface area contributed by atoms with E-state index in [2.05, 4.69) is 4.74 Å². The number of ether oxygens (including phenoxy) is 4. The first-order valence-corrected chi connectivity index (χ1v) is 14.9. The molecule has 0 radical (unpaired) electrons. The summed E-state index contributed by atoms with van der Waals surface area (Å²) >= 11 is 0. The van der Waals surface area contributed by atoms with E-state index in [0.29, 0.717) is 12.2 Å². The fourth-order valence-electron chi connectivity index (χ4n) is 5.85. The molecule has 47 heavy (non-hydrogen) atoms. The lowest BCUT2D eigenvalue weighted by Gasteiger charge is -2.38. The second kappa shape index (κ2) is 14.4. The molecule has 0 atom stereocenters. The van der Waals surface area contributed by atoms with Crippen LogP contribution >= 0.6 is 0 Å². The Morgan fingerprint density at radius 3 is 1.64 bits per heavy atom. The molecule has 2 fully saturated rings. The largest absolute Gasteiger partial charge is 0.432 e. The highest BCUT2D eigenvalue weighted by Gasteiger charge is 2.49. The van der Waals surface area contributed by atoms with Gasteiger partial charge < -0.3 is 18.9 Å². The van der Waals surface area contributed by atoms with Crippen molar-refractivity contribution in [1.82, 2.24) is 0 Å². The van der Waals surface area contributed by atoms with Crippen LogP contribution in [0.5, 0.6) is 5.75 Å². The van der Waals surface area contributed by atoms with Gasteiger partial charge in [0.2, 0.25) is 0 Å². The molecule has 0 aliphatic heterocycles. The van der Waals surface area contributed by atoms with Crippen LogP contribution in [0.25, 0.3) is 0 Å². The van der Waals surface area contributed by atoms with Gasteiger partial charge in [-0.15, -0.1) is 0 Å². The minimum atomic E-state index is -5.41. The molecule has 264 valence electrons. The first-order valence-electron chi connectivity index (χ1n) is 14.9. The third-order valence-corrected chi connectivity index (χ3v) is 8.31. The third-order valence-electron chi connectivity index (χ3n) is 8.31. The average Bonchev–Trinajstić information content (AvgIpc) is 2.94. The van der Waals surface area contributed by atoms with Gasteiger partial charge in [0.15, 0.2) is 0 Å². The van der Waals surface area contributed by atoms with Gasteiger partial charge >= 0.3 is 24.5 Å². The number of rotatable bonds is 12. The van der Waals surface area contributed by atoms with Crippen LogP contribution in [0, 0.1) is 29.3 Å². The van der Waals surface area contributed by atoms with Gasteiger partial charge in [0.25, 0.3) is 0 Å². The Labute approximate surface area is 262 Å². The molecule has 0 unspecified atom stereocenters. The van der Waals surface area contributed by atoms with Crippen LogP contribution in [0.1, 0.15) is 75.0 Å². The second-order valence-corrected chi connectivity index (χ2v) is 11.6. The SMILES string of the molecule is CCOCc1ccc(C(F)(F)OC2CCC(C(F)(F)OC3CCC(C(F)(F)Oc4cc(F)c(C(F)(F)F)c(F)c4)CC3)CC2)c(F)c1. The van der Waals surface area contributed by atoms with Crippen molar-refractivity contribution in [3.8, 4) is 5.75 Å². The summed E-state index contributed by atoms with van der Waals surface area (Å²) in [4.78, 5) is 0. The van der Waals surface area contributed by atoms with Gasteiger partial charge in [-0.25, -0.2) is 13.2 Å². The van der Waals surface area contributed by atoms with Gasteiger partial charge in [-0.2, -0.15) is 39.5 Å². The lowest BCUT2D eigenvalue weighted by molar-refractivity contribution is -0.314. The van der Waals surface area contributed by atoms with Crippen molar-refractivity contribution in [2.75, 3.05) is 6.61 Å². The Morgan fingerprint density at radius 1 is 0.638 bits per heavy atom. The second-order valence-electron chi connectivity index (χ2n) is 11.6. The molecule has 2 aliphatic rings. The van der Waals surface area contributed by atoms with E-state index in [1.54, 1.807) is 6.92 Å². The molecule has 0 saturated heterocycles. The highest BCUT2D eigenvalue weighted by atomic mass is 19.4. The van der Waals surface area contributed by atoms with E-state index in [1.165, 1.54) is 6.07 Å². The van der Waals surface area contributed by atoms with Crippen molar-refractivity contribution in [3.63, 3.8) is 0 Å². The van der Waals surface area contributed by atoms with Gasteiger partial charge in [0, 0.05) is 18.7 Å². The lowest BCUT2D eigenvalue weighted by atomic mass is 9.85. The molecule has 0 N–H and O–H groups in total. The van der Waals surface area contributed by atoms with E-state index in [-0.39, 0.29) is 57.3 Å². The van der Waals surface area contributed by atoms with Crippen molar-refractivity contribution in [2.24, 2.45) is 11.8 Å². The van der Waals surface area contributed by atoms with Crippen LogP contribution in [0.4, 0.5) is 52.7 Å². The summed E-state index contributed by atoms with van der Waals surface area (Å²) in [6, 6.07) is 3.01. The smallest absolute Gasteiger partial charge is 0.422 e. The van der Waals surface area contributed by atoms with Gasteiger partial charge in [-0.1, -0.05) is 6.07 Å². The molecule has 2 aromatic carbocycles. The summed E-state index contributed by atoms with van der Waals surface area (Å²) in [6.07, 6.45) is -21.9. The van der Waals surface area contributed by atoms with Crippen molar-refractivity contribution in [3.05, 3.63) is 64.5 Å². The van der Waals surface area contributed by atoms with Crippen molar-refractivity contribution in [1.29, 1.82) is 0 Å². The molecule has 0 amide bonds. The topological polar surface area (TPSA) is 36.9 Å². The molecule has 2 saturated carbocycles. The summed E-state index contributed by atoms with van der Waals surface area (Å²) in [6.45, 7) is 2.08. The zero-order valence-corrected chi connectivity index (χ0v) is 24.9. The van der Waals surface area contributed by atoms with E-state index >= 15 is 8.78 Å². The maximum absolute atomic E-state index is 15.0. The van der Waals surface area contributed by atoms with Crippen LogP contribution in [0.3, 0.4) is 0 Å². The number of hydrogen-bond acceptors (Lipinski definition) is 4. The van der Waals surface area contributed by atoms with Gasteiger partial charge in [0.05, 0.1) is 36.2 Å². The van der Waals surface area contributed by atoms with E-state index in [4.69, 9.17) is 14.2 Å². The molecule has 2 aromatic rings. The average molecular weight is 697 g/mol. The van der Waals surface area contributed by atoms with Crippen LogP contribution < -0.4 is 4.74 Å². The maximum atomic E-state index is 15.0. The van der Waals surface area contributed by atoms with Gasteiger partial charge in [-0.05, 0) is 76.0 Å². The molecule has 4 rings (SSSR count). The predicted octanol–water partition coefficient (Wildman–Crippen LogP) is 10.1. The molecule has 0 bridgehead atoms. The van der Waals surface area contributed by atoms with E-state index < -0.39 is 95.7 Å². The molecular weight excluding hydrogens is 664 g/mol. The molecule has 16 heteroatoms. The Kier molecular flexibility index (Phi) is 11.4. The lowest BCUT2D eigenvalue weighted by Crippen LogP contribution is -2.43. The summed E-state index contributed by atoms with van der Waals surface area (Å²) in [7, 11) is 0. The molecule has 0 aromatic heterocycles. The summed E-state index contributed by atoms with van der Waals surface area (Å²) in [5.41, 5.74) is -2.92. The Bertz CT molecular complexity index is 1330. The van der Waals surface area contributed by atoms with Gasteiger partial charge in [-0.3, -0.25) is 0 Å². The minimum absolute atomic E-state index is 0.0181. The summed E-state index contributed by atoms with van der Waals surface area (Å²) in [5.74, 6) is -9.69. The van der Waals surface area contributed by atoms with Crippen LogP contribution in [-0.4, -0.2) is 31.0 Å². The van der Waals surface area contributed by atoms with Crippen molar-refractivity contribution in [2.45, 2.75) is 102 Å². The highest BCUT2D eigenvalue weighted by molar-refractivity contribution is 5.32. The summed E-state index contributed by atoms with van der Waals surface area (Å²) < 4.78 is 188. The van der Waals surface area contributed by atoms with Gasteiger partial charge in [0.1, 0.15) is 28.8 Å². The fourth-order valence-corrected chi connectivity index (χ4v) is 5.85. The number of alkyl halides is 9. The molecule has 0 heterocycles.